The lowest BCUT2D eigenvalue weighted by Crippen LogP contribution is -1.98. The van der Waals surface area contributed by atoms with E-state index < -0.39 is 0 Å². The highest BCUT2D eigenvalue weighted by molar-refractivity contribution is 9.11. The van der Waals surface area contributed by atoms with E-state index in [1.807, 2.05) is 36.4 Å². The Balaban J connectivity index is 2.45. The van der Waals surface area contributed by atoms with Gasteiger partial charge in [-0.25, -0.2) is 0 Å². The molecule has 5 heteroatoms. The van der Waals surface area contributed by atoms with Gasteiger partial charge in [0.25, 0.3) is 0 Å². The third-order valence-corrected chi connectivity index (χ3v) is 4.85. The molecule has 0 aromatic heterocycles. The first-order valence-corrected chi connectivity index (χ1v) is 7.96. The predicted molar refractivity (Wildman–Crippen MR) is 89.5 cm³/mol. The van der Waals surface area contributed by atoms with E-state index >= 15 is 0 Å². The maximum Gasteiger partial charge on any atom is 0.123 e. The molecule has 0 aliphatic rings. The molecule has 2 aromatic carbocycles. The highest BCUT2D eigenvalue weighted by Crippen LogP contribution is 2.41. The van der Waals surface area contributed by atoms with Crippen LogP contribution in [-0.4, -0.2) is 14.2 Å². The van der Waals surface area contributed by atoms with Crippen LogP contribution in [0.1, 0.15) is 16.0 Å². The maximum absolute atomic E-state index is 6.08. The summed E-state index contributed by atoms with van der Waals surface area (Å²) in [6.45, 7) is 0. The largest absolute Gasteiger partial charge is 0.497 e. The summed E-state index contributed by atoms with van der Waals surface area (Å²) in [6.07, 6.45) is 0. The van der Waals surface area contributed by atoms with Crippen LogP contribution in [0.3, 0.4) is 0 Å². The minimum Gasteiger partial charge on any atom is -0.497 e. The number of hydrogen-bond acceptors (Lipinski definition) is 2. The molecule has 0 bridgehead atoms. The Hall–Kier alpha value is -0.710. The molecule has 2 rings (SSSR count). The number of halogens is 3. The quantitative estimate of drug-likeness (QED) is 0.599. The van der Waals surface area contributed by atoms with Gasteiger partial charge in [-0.3, -0.25) is 0 Å². The summed E-state index contributed by atoms with van der Waals surface area (Å²) < 4.78 is 11.6. The van der Waals surface area contributed by atoms with E-state index in [1.165, 1.54) is 0 Å². The van der Waals surface area contributed by atoms with Crippen LogP contribution in [-0.2, 0) is 0 Å². The number of alkyl halides is 1. The molecule has 0 N–H and O–H groups in total. The van der Waals surface area contributed by atoms with E-state index in [1.54, 1.807) is 14.2 Å². The van der Waals surface area contributed by atoms with E-state index in [4.69, 9.17) is 21.1 Å². The SMILES string of the molecule is COc1ccc(C(Br)c2cc(Cl)ccc2OC)c(Br)c1. The van der Waals surface area contributed by atoms with E-state index in [-0.39, 0.29) is 4.83 Å². The molecule has 0 saturated carbocycles. The lowest BCUT2D eigenvalue weighted by atomic mass is 10.0. The summed E-state index contributed by atoms with van der Waals surface area (Å²) in [5.74, 6) is 1.59. The smallest absolute Gasteiger partial charge is 0.123 e. The lowest BCUT2D eigenvalue weighted by molar-refractivity contribution is 0.410. The molecule has 2 nitrogen and oxygen atoms in total. The van der Waals surface area contributed by atoms with Gasteiger partial charge in [0.1, 0.15) is 11.5 Å². The first-order chi connectivity index (χ1) is 9.56. The van der Waals surface area contributed by atoms with Gasteiger partial charge in [0, 0.05) is 15.1 Å². The van der Waals surface area contributed by atoms with Crippen LogP contribution >= 0.6 is 43.5 Å². The number of benzene rings is 2. The van der Waals surface area contributed by atoms with E-state index in [0.717, 1.165) is 27.1 Å². The summed E-state index contributed by atoms with van der Waals surface area (Å²) >= 11 is 13.4. The average molecular weight is 421 g/mol. The molecule has 1 unspecified atom stereocenters. The highest BCUT2D eigenvalue weighted by Gasteiger charge is 2.18. The zero-order chi connectivity index (χ0) is 14.7. The minimum absolute atomic E-state index is 0.0311. The molecule has 2 aromatic rings. The predicted octanol–water partition coefficient (Wildman–Crippen LogP) is 5.60. The maximum atomic E-state index is 6.08. The van der Waals surface area contributed by atoms with Crippen molar-refractivity contribution in [2.45, 2.75) is 4.83 Å². The summed E-state index contributed by atoms with van der Waals surface area (Å²) in [5, 5.41) is 0.676. The number of ether oxygens (including phenoxy) is 2. The molecule has 0 spiro atoms. The van der Waals surface area contributed by atoms with Crippen molar-refractivity contribution in [1.82, 2.24) is 0 Å². The second kappa shape index (κ2) is 6.83. The van der Waals surface area contributed by atoms with Crippen LogP contribution in [0.5, 0.6) is 11.5 Å². The van der Waals surface area contributed by atoms with Gasteiger partial charge in [-0.1, -0.05) is 49.5 Å². The Morgan fingerprint density at radius 1 is 1.00 bits per heavy atom. The third-order valence-electron chi connectivity index (χ3n) is 2.95. The fourth-order valence-corrected chi connectivity index (χ4v) is 3.74. The fourth-order valence-electron chi connectivity index (χ4n) is 1.91. The van der Waals surface area contributed by atoms with Crippen molar-refractivity contribution < 1.29 is 9.47 Å². The summed E-state index contributed by atoms with van der Waals surface area (Å²) in [5.41, 5.74) is 2.05. The van der Waals surface area contributed by atoms with E-state index in [2.05, 4.69) is 31.9 Å². The molecule has 0 aliphatic heterocycles. The topological polar surface area (TPSA) is 18.5 Å². The molecular weight excluding hydrogens is 407 g/mol. The first kappa shape index (κ1) is 15.7. The fraction of sp³-hybridized carbons (Fsp3) is 0.200. The van der Waals surface area contributed by atoms with Gasteiger partial charge >= 0.3 is 0 Å². The molecule has 0 aliphatic carbocycles. The minimum atomic E-state index is -0.0311. The van der Waals surface area contributed by atoms with Crippen LogP contribution in [0.2, 0.25) is 5.02 Å². The Bertz CT molecular complexity index is 617. The molecule has 0 amide bonds. The highest BCUT2D eigenvalue weighted by atomic mass is 79.9. The monoisotopic (exact) mass is 418 g/mol. The first-order valence-electron chi connectivity index (χ1n) is 5.87. The van der Waals surface area contributed by atoms with Gasteiger partial charge in [0.2, 0.25) is 0 Å². The average Bonchev–Trinajstić information content (AvgIpc) is 2.46. The number of methoxy groups -OCH3 is 2. The van der Waals surface area contributed by atoms with Gasteiger partial charge in [-0.05, 0) is 35.9 Å². The molecule has 0 radical (unpaired) electrons. The van der Waals surface area contributed by atoms with Gasteiger partial charge in [0.15, 0.2) is 0 Å². The third kappa shape index (κ3) is 3.30. The van der Waals surface area contributed by atoms with Crippen molar-refractivity contribution in [2.75, 3.05) is 14.2 Å². The second-order valence-electron chi connectivity index (χ2n) is 4.14. The zero-order valence-electron chi connectivity index (χ0n) is 11.0. The molecule has 106 valence electrons. The van der Waals surface area contributed by atoms with Crippen molar-refractivity contribution in [1.29, 1.82) is 0 Å². The lowest BCUT2D eigenvalue weighted by Gasteiger charge is -2.17. The van der Waals surface area contributed by atoms with E-state index in [0.29, 0.717) is 5.02 Å². The number of rotatable bonds is 4. The van der Waals surface area contributed by atoms with Crippen LogP contribution in [0.15, 0.2) is 40.9 Å². The van der Waals surface area contributed by atoms with Crippen LogP contribution in [0.4, 0.5) is 0 Å². The normalized spacial score (nSPS) is 12.1. The van der Waals surface area contributed by atoms with Crippen LogP contribution in [0, 0.1) is 0 Å². The van der Waals surface area contributed by atoms with Crippen molar-refractivity contribution in [2.24, 2.45) is 0 Å². The standard InChI is InChI=1S/C15H13Br2ClO2/c1-19-10-4-5-11(13(16)8-10)15(17)12-7-9(18)3-6-14(12)20-2/h3-8,15H,1-2H3. The molecule has 0 fully saturated rings. The summed E-state index contributed by atoms with van der Waals surface area (Å²) in [7, 11) is 3.29. The van der Waals surface area contributed by atoms with Gasteiger partial charge in [-0.15, -0.1) is 0 Å². The Kier molecular flexibility index (Phi) is 5.35. The summed E-state index contributed by atoms with van der Waals surface area (Å²) in [6, 6.07) is 11.4. The van der Waals surface area contributed by atoms with Gasteiger partial charge in [0.05, 0.1) is 19.0 Å². The van der Waals surface area contributed by atoms with Gasteiger partial charge < -0.3 is 9.47 Å². The van der Waals surface area contributed by atoms with Crippen molar-refractivity contribution in [3.63, 3.8) is 0 Å². The summed E-state index contributed by atoms with van der Waals surface area (Å²) in [4.78, 5) is -0.0311. The molecule has 20 heavy (non-hydrogen) atoms. The Labute approximate surface area is 140 Å². The van der Waals surface area contributed by atoms with E-state index in [9.17, 15) is 0 Å². The molecule has 0 saturated heterocycles. The van der Waals surface area contributed by atoms with Crippen molar-refractivity contribution in [3.8, 4) is 11.5 Å². The van der Waals surface area contributed by atoms with Crippen molar-refractivity contribution >= 4 is 43.5 Å². The van der Waals surface area contributed by atoms with Crippen molar-refractivity contribution in [3.05, 3.63) is 57.0 Å². The number of hydrogen-bond donors (Lipinski definition) is 0. The molecule has 1 atom stereocenters. The molecular formula is C15H13Br2ClO2. The zero-order valence-corrected chi connectivity index (χ0v) is 14.9. The molecule has 0 heterocycles. The van der Waals surface area contributed by atoms with Crippen LogP contribution < -0.4 is 9.47 Å². The Morgan fingerprint density at radius 3 is 2.35 bits per heavy atom. The van der Waals surface area contributed by atoms with Gasteiger partial charge in [-0.2, -0.15) is 0 Å². The second-order valence-corrected chi connectivity index (χ2v) is 6.34. The Morgan fingerprint density at radius 2 is 1.75 bits per heavy atom. The van der Waals surface area contributed by atoms with Crippen LogP contribution in [0.25, 0.3) is 0 Å².